The lowest BCUT2D eigenvalue weighted by Gasteiger charge is -2.01. The maximum absolute atomic E-state index is 5.80. The van der Waals surface area contributed by atoms with Crippen LogP contribution in [0, 0.1) is 5.92 Å². The first-order valence-corrected chi connectivity index (χ1v) is 5.53. The first kappa shape index (κ1) is 9.08. The lowest BCUT2D eigenvalue weighted by Crippen LogP contribution is -1.95. The lowest BCUT2D eigenvalue weighted by molar-refractivity contribution is 0.543. The molecule has 0 saturated heterocycles. The molecule has 1 aromatic rings. The standard InChI is InChI=1S/C12H15Cl/c1-2-9-5-11-4-3-10(8-13)7-12(11)6-9/h3-4,7,9H,2,5-6,8H2,1H3. The number of fused-ring (bicyclic) bond motifs is 1. The molecule has 0 amide bonds. The zero-order valence-electron chi connectivity index (χ0n) is 8.02. The van der Waals surface area contributed by atoms with Crippen LogP contribution in [0.25, 0.3) is 0 Å². The first-order valence-electron chi connectivity index (χ1n) is 5.00. The Morgan fingerprint density at radius 1 is 1.31 bits per heavy atom. The molecule has 13 heavy (non-hydrogen) atoms. The fourth-order valence-electron chi connectivity index (χ4n) is 2.13. The average molecular weight is 195 g/mol. The largest absolute Gasteiger partial charge is 0.122 e. The Hall–Kier alpha value is -0.490. The second kappa shape index (κ2) is 3.71. The van der Waals surface area contributed by atoms with Crippen LogP contribution in [0.1, 0.15) is 30.0 Å². The fraction of sp³-hybridized carbons (Fsp3) is 0.500. The number of benzene rings is 1. The van der Waals surface area contributed by atoms with Gasteiger partial charge in [0.05, 0.1) is 0 Å². The molecular formula is C12H15Cl. The minimum atomic E-state index is 0.643. The van der Waals surface area contributed by atoms with Gasteiger partial charge in [0, 0.05) is 5.88 Å². The van der Waals surface area contributed by atoms with E-state index in [0.717, 1.165) is 5.92 Å². The van der Waals surface area contributed by atoms with Gasteiger partial charge in [-0.1, -0.05) is 31.5 Å². The molecule has 0 aliphatic heterocycles. The van der Waals surface area contributed by atoms with Gasteiger partial charge in [-0.05, 0) is 35.4 Å². The van der Waals surface area contributed by atoms with Crippen molar-refractivity contribution in [2.24, 2.45) is 5.92 Å². The zero-order valence-corrected chi connectivity index (χ0v) is 8.77. The third-order valence-corrected chi connectivity index (χ3v) is 3.33. The SMILES string of the molecule is CCC1Cc2ccc(CCl)cc2C1. The molecule has 0 saturated carbocycles. The van der Waals surface area contributed by atoms with Gasteiger partial charge in [0.2, 0.25) is 0 Å². The molecule has 0 aromatic heterocycles. The quantitative estimate of drug-likeness (QED) is 0.632. The summed E-state index contributed by atoms with van der Waals surface area (Å²) < 4.78 is 0. The average Bonchev–Trinajstić information content (AvgIpc) is 2.58. The Morgan fingerprint density at radius 3 is 2.77 bits per heavy atom. The highest BCUT2D eigenvalue weighted by atomic mass is 35.5. The summed E-state index contributed by atoms with van der Waals surface area (Å²) in [7, 11) is 0. The second-order valence-electron chi connectivity index (χ2n) is 3.92. The van der Waals surface area contributed by atoms with Crippen molar-refractivity contribution in [1.82, 2.24) is 0 Å². The van der Waals surface area contributed by atoms with Crippen LogP contribution in [0.15, 0.2) is 18.2 Å². The van der Waals surface area contributed by atoms with Crippen molar-refractivity contribution in [3.63, 3.8) is 0 Å². The minimum Gasteiger partial charge on any atom is -0.122 e. The van der Waals surface area contributed by atoms with Crippen LogP contribution in [0.3, 0.4) is 0 Å². The van der Waals surface area contributed by atoms with Crippen molar-refractivity contribution < 1.29 is 0 Å². The molecule has 1 aliphatic carbocycles. The number of alkyl halides is 1. The Balaban J connectivity index is 2.25. The number of halogens is 1. The Bertz CT molecular complexity index is 304. The van der Waals surface area contributed by atoms with E-state index in [0.29, 0.717) is 5.88 Å². The van der Waals surface area contributed by atoms with E-state index in [4.69, 9.17) is 11.6 Å². The third-order valence-electron chi connectivity index (χ3n) is 3.02. The second-order valence-corrected chi connectivity index (χ2v) is 4.19. The molecule has 1 unspecified atom stereocenters. The lowest BCUT2D eigenvalue weighted by atomic mass is 10.0. The summed E-state index contributed by atoms with van der Waals surface area (Å²) in [5.41, 5.74) is 4.34. The van der Waals surface area contributed by atoms with Crippen LogP contribution in [0.4, 0.5) is 0 Å². The molecule has 1 aliphatic rings. The summed E-state index contributed by atoms with van der Waals surface area (Å²) in [6.45, 7) is 2.28. The van der Waals surface area contributed by atoms with Crippen molar-refractivity contribution in [3.8, 4) is 0 Å². The number of hydrogen-bond donors (Lipinski definition) is 0. The molecule has 1 atom stereocenters. The summed E-state index contributed by atoms with van der Waals surface area (Å²) in [4.78, 5) is 0. The van der Waals surface area contributed by atoms with E-state index in [2.05, 4.69) is 25.1 Å². The Morgan fingerprint density at radius 2 is 2.08 bits per heavy atom. The summed E-state index contributed by atoms with van der Waals surface area (Å²) in [6, 6.07) is 6.69. The molecule has 0 N–H and O–H groups in total. The van der Waals surface area contributed by atoms with Crippen molar-refractivity contribution in [2.45, 2.75) is 32.1 Å². The van der Waals surface area contributed by atoms with Crippen LogP contribution in [-0.4, -0.2) is 0 Å². The topological polar surface area (TPSA) is 0 Å². The van der Waals surface area contributed by atoms with E-state index in [1.165, 1.54) is 30.4 Å². The maximum atomic E-state index is 5.80. The molecule has 0 heterocycles. The molecule has 1 aromatic carbocycles. The van der Waals surface area contributed by atoms with Gasteiger partial charge in [0.1, 0.15) is 0 Å². The summed E-state index contributed by atoms with van der Waals surface area (Å²) in [5, 5.41) is 0. The molecule has 2 rings (SSSR count). The van der Waals surface area contributed by atoms with E-state index in [1.54, 1.807) is 5.56 Å². The summed E-state index contributed by atoms with van der Waals surface area (Å²) >= 11 is 5.80. The predicted molar refractivity (Wildman–Crippen MR) is 57.2 cm³/mol. The van der Waals surface area contributed by atoms with Crippen molar-refractivity contribution in [3.05, 3.63) is 34.9 Å². The molecular weight excluding hydrogens is 180 g/mol. The van der Waals surface area contributed by atoms with Crippen LogP contribution in [0.5, 0.6) is 0 Å². The van der Waals surface area contributed by atoms with E-state index in [9.17, 15) is 0 Å². The first-order chi connectivity index (χ1) is 6.33. The van der Waals surface area contributed by atoms with Crippen molar-refractivity contribution >= 4 is 11.6 Å². The van der Waals surface area contributed by atoms with Gasteiger partial charge in [-0.25, -0.2) is 0 Å². The number of rotatable bonds is 2. The van der Waals surface area contributed by atoms with Gasteiger partial charge in [-0.3, -0.25) is 0 Å². The van der Waals surface area contributed by atoms with Crippen LogP contribution in [-0.2, 0) is 18.7 Å². The van der Waals surface area contributed by atoms with Gasteiger partial charge in [-0.2, -0.15) is 0 Å². The smallest absolute Gasteiger partial charge is 0.0474 e. The van der Waals surface area contributed by atoms with Gasteiger partial charge in [0.15, 0.2) is 0 Å². The normalized spacial score (nSPS) is 20.3. The highest BCUT2D eigenvalue weighted by molar-refractivity contribution is 6.17. The van der Waals surface area contributed by atoms with Crippen LogP contribution < -0.4 is 0 Å². The molecule has 70 valence electrons. The number of hydrogen-bond acceptors (Lipinski definition) is 0. The van der Waals surface area contributed by atoms with E-state index >= 15 is 0 Å². The highest BCUT2D eigenvalue weighted by Crippen LogP contribution is 2.29. The van der Waals surface area contributed by atoms with Crippen molar-refractivity contribution in [1.29, 1.82) is 0 Å². The highest BCUT2D eigenvalue weighted by Gasteiger charge is 2.19. The van der Waals surface area contributed by atoms with E-state index in [1.807, 2.05) is 0 Å². The molecule has 0 spiro atoms. The Labute approximate surface area is 84.9 Å². The maximum Gasteiger partial charge on any atom is 0.0474 e. The zero-order chi connectivity index (χ0) is 9.26. The molecule has 0 radical (unpaired) electrons. The van der Waals surface area contributed by atoms with Crippen LogP contribution in [0.2, 0.25) is 0 Å². The van der Waals surface area contributed by atoms with Crippen LogP contribution >= 0.6 is 11.6 Å². The predicted octanol–water partition coefficient (Wildman–Crippen LogP) is 3.55. The third kappa shape index (κ3) is 1.73. The van der Waals surface area contributed by atoms with Gasteiger partial charge < -0.3 is 0 Å². The minimum absolute atomic E-state index is 0.643. The fourth-order valence-corrected chi connectivity index (χ4v) is 2.30. The van der Waals surface area contributed by atoms with Gasteiger partial charge in [0.25, 0.3) is 0 Å². The van der Waals surface area contributed by atoms with E-state index < -0.39 is 0 Å². The van der Waals surface area contributed by atoms with Crippen molar-refractivity contribution in [2.75, 3.05) is 0 Å². The molecule has 0 fully saturated rings. The Kier molecular flexibility index (Phi) is 2.59. The van der Waals surface area contributed by atoms with E-state index in [-0.39, 0.29) is 0 Å². The molecule has 0 bridgehead atoms. The molecule has 0 nitrogen and oxygen atoms in total. The van der Waals surface area contributed by atoms with Gasteiger partial charge >= 0.3 is 0 Å². The summed E-state index contributed by atoms with van der Waals surface area (Å²) in [5.74, 6) is 1.52. The molecule has 1 heteroatoms. The summed E-state index contributed by atoms with van der Waals surface area (Å²) in [6.07, 6.45) is 3.83. The van der Waals surface area contributed by atoms with Gasteiger partial charge in [-0.15, -0.1) is 11.6 Å². The monoisotopic (exact) mass is 194 g/mol.